The van der Waals surface area contributed by atoms with E-state index in [0.717, 1.165) is 11.7 Å². The molecular formula is C15H21NO. The van der Waals surface area contributed by atoms with Crippen LogP contribution in [0.25, 0.3) is 0 Å². The van der Waals surface area contributed by atoms with E-state index in [0.29, 0.717) is 6.04 Å². The smallest absolute Gasteiger partial charge is 0.120 e. The Balaban J connectivity index is 1.73. The van der Waals surface area contributed by atoms with Crippen LogP contribution in [-0.2, 0) is 6.42 Å². The van der Waals surface area contributed by atoms with Gasteiger partial charge in [0.05, 0.1) is 7.11 Å². The molecular weight excluding hydrogens is 210 g/mol. The number of nitrogens with one attached hydrogen (secondary N) is 1. The summed E-state index contributed by atoms with van der Waals surface area (Å²) in [6, 6.07) is 7.09. The van der Waals surface area contributed by atoms with E-state index in [4.69, 9.17) is 4.74 Å². The summed E-state index contributed by atoms with van der Waals surface area (Å²) in [5.74, 6) is 1.84. The molecule has 92 valence electrons. The van der Waals surface area contributed by atoms with Crippen molar-refractivity contribution in [3.63, 3.8) is 0 Å². The number of rotatable bonds is 2. The number of hydrogen-bond acceptors (Lipinski definition) is 2. The summed E-state index contributed by atoms with van der Waals surface area (Å²) < 4.78 is 5.28. The van der Waals surface area contributed by atoms with Crippen molar-refractivity contribution in [2.75, 3.05) is 12.4 Å². The fraction of sp³-hybridized carbons (Fsp3) is 0.600. The third kappa shape index (κ3) is 2.13. The molecule has 1 saturated carbocycles. The fourth-order valence-corrected chi connectivity index (χ4v) is 3.30. The SMILES string of the molecule is COc1ccc2c(c1)NC(C1CCCCC1)C2. The van der Waals surface area contributed by atoms with Crippen LogP contribution < -0.4 is 10.1 Å². The summed E-state index contributed by atoms with van der Waals surface area (Å²) in [6.45, 7) is 0. The fourth-order valence-electron chi connectivity index (χ4n) is 3.30. The summed E-state index contributed by atoms with van der Waals surface area (Å²) in [7, 11) is 1.73. The first-order valence-corrected chi connectivity index (χ1v) is 6.80. The van der Waals surface area contributed by atoms with Crippen molar-refractivity contribution in [3.8, 4) is 5.75 Å². The molecule has 0 bridgehead atoms. The van der Waals surface area contributed by atoms with Crippen molar-refractivity contribution in [1.29, 1.82) is 0 Å². The van der Waals surface area contributed by atoms with Crippen LogP contribution in [0.1, 0.15) is 37.7 Å². The molecule has 2 nitrogen and oxygen atoms in total. The Morgan fingerprint density at radius 3 is 2.76 bits per heavy atom. The molecule has 2 heteroatoms. The molecule has 1 heterocycles. The minimum atomic E-state index is 0.664. The van der Waals surface area contributed by atoms with Crippen molar-refractivity contribution < 1.29 is 4.74 Å². The molecule has 1 aliphatic heterocycles. The maximum atomic E-state index is 5.28. The number of ether oxygens (including phenoxy) is 1. The number of anilines is 1. The lowest BCUT2D eigenvalue weighted by atomic mass is 9.83. The predicted octanol–water partition coefficient (Wildman–Crippen LogP) is 3.61. The molecule has 1 atom stereocenters. The summed E-state index contributed by atoms with van der Waals surface area (Å²) in [5.41, 5.74) is 2.75. The summed E-state index contributed by atoms with van der Waals surface area (Å²) in [6.07, 6.45) is 8.28. The van der Waals surface area contributed by atoms with Crippen LogP contribution in [0, 0.1) is 5.92 Å². The molecule has 1 fully saturated rings. The molecule has 2 aliphatic rings. The van der Waals surface area contributed by atoms with Crippen LogP contribution in [0.5, 0.6) is 5.75 Å². The van der Waals surface area contributed by atoms with Gasteiger partial charge >= 0.3 is 0 Å². The topological polar surface area (TPSA) is 21.3 Å². The largest absolute Gasteiger partial charge is 0.497 e. The van der Waals surface area contributed by atoms with Crippen LogP contribution in [0.4, 0.5) is 5.69 Å². The lowest BCUT2D eigenvalue weighted by Gasteiger charge is -2.27. The number of fused-ring (bicyclic) bond motifs is 1. The zero-order valence-electron chi connectivity index (χ0n) is 10.5. The molecule has 0 radical (unpaired) electrons. The molecule has 1 unspecified atom stereocenters. The van der Waals surface area contributed by atoms with Gasteiger partial charge in [-0.05, 0) is 36.8 Å². The average molecular weight is 231 g/mol. The second kappa shape index (κ2) is 4.59. The van der Waals surface area contributed by atoms with Crippen molar-refractivity contribution in [1.82, 2.24) is 0 Å². The number of hydrogen-bond donors (Lipinski definition) is 1. The Morgan fingerprint density at radius 1 is 1.18 bits per heavy atom. The van der Waals surface area contributed by atoms with Crippen LogP contribution in [-0.4, -0.2) is 13.2 Å². The molecule has 1 N–H and O–H groups in total. The van der Waals surface area contributed by atoms with Gasteiger partial charge in [-0.25, -0.2) is 0 Å². The molecule has 1 aromatic carbocycles. The van der Waals surface area contributed by atoms with E-state index in [9.17, 15) is 0 Å². The van der Waals surface area contributed by atoms with Gasteiger partial charge in [-0.2, -0.15) is 0 Å². The highest BCUT2D eigenvalue weighted by Crippen LogP contribution is 2.36. The summed E-state index contributed by atoms with van der Waals surface area (Å²) in [5, 5.41) is 3.70. The zero-order valence-corrected chi connectivity index (χ0v) is 10.5. The molecule has 17 heavy (non-hydrogen) atoms. The quantitative estimate of drug-likeness (QED) is 0.839. The Labute approximate surface area is 103 Å². The van der Waals surface area contributed by atoms with Gasteiger partial charge in [0.15, 0.2) is 0 Å². The van der Waals surface area contributed by atoms with E-state index in [1.807, 2.05) is 0 Å². The van der Waals surface area contributed by atoms with Gasteiger partial charge in [0, 0.05) is 17.8 Å². The summed E-state index contributed by atoms with van der Waals surface area (Å²) >= 11 is 0. The van der Waals surface area contributed by atoms with E-state index < -0.39 is 0 Å². The van der Waals surface area contributed by atoms with Gasteiger partial charge in [0.25, 0.3) is 0 Å². The van der Waals surface area contributed by atoms with Gasteiger partial charge in [-0.15, -0.1) is 0 Å². The van der Waals surface area contributed by atoms with Crippen LogP contribution in [0.2, 0.25) is 0 Å². The van der Waals surface area contributed by atoms with Crippen molar-refractivity contribution in [3.05, 3.63) is 23.8 Å². The molecule has 1 aromatic rings. The van der Waals surface area contributed by atoms with E-state index in [1.165, 1.54) is 49.8 Å². The number of benzene rings is 1. The Hall–Kier alpha value is -1.18. The third-order valence-corrected chi connectivity index (χ3v) is 4.32. The molecule has 0 amide bonds. The van der Waals surface area contributed by atoms with Gasteiger partial charge in [0.1, 0.15) is 5.75 Å². The van der Waals surface area contributed by atoms with Crippen LogP contribution in [0.3, 0.4) is 0 Å². The first kappa shape index (κ1) is 10.9. The Bertz CT molecular complexity index is 396. The zero-order chi connectivity index (χ0) is 11.7. The standard InChI is InChI=1S/C15H21NO/c1-17-13-8-7-12-9-14(16-15(12)10-13)11-5-3-2-4-6-11/h7-8,10-11,14,16H,2-6,9H2,1H3. The van der Waals surface area contributed by atoms with Crippen molar-refractivity contribution in [2.45, 2.75) is 44.6 Å². The lowest BCUT2D eigenvalue weighted by molar-refractivity contribution is 0.321. The summed E-state index contributed by atoms with van der Waals surface area (Å²) in [4.78, 5) is 0. The molecule has 3 rings (SSSR count). The molecule has 1 aliphatic carbocycles. The average Bonchev–Trinajstić information content (AvgIpc) is 2.82. The highest BCUT2D eigenvalue weighted by Gasteiger charge is 2.29. The van der Waals surface area contributed by atoms with Crippen molar-refractivity contribution in [2.24, 2.45) is 5.92 Å². The van der Waals surface area contributed by atoms with Crippen molar-refractivity contribution >= 4 is 5.69 Å². The highest BCUT2D eigenvalue weighted by atomic mass is 16.5. The molecule has 0 aromatic heterocycles. The first-order valence-electron chi connectivity index (χ1n) is 6.80. The monoisotopic (exact) mass is 231 g/mol. The highest BCUT2D eigenvalue weighted by molar-refractivity contribution is 5.60. The van der Waals surface area contributed by atoms with E-state index in [-0.39, 0.29) is 0 Å². The van der Waals surface area contributed by atoms with E-state index in [2.05, 4.69) is 23.5 Å². The minimum Gasteiger partial charge on any atom is -0.497 e. The second-order valence-electron chi connectivity index (χ2n) is 5.38. The minimum absolute atomic E-state index is 0.664. The van der Waals surface area contributed by atoms with Crippen LogP contribution in [0.15, 0.2) is 18.2 Å². The lowest BCUT2D eigenvalue weighted by Crippen LogP contribution is -2.28. The van der Waals surface area contributed by atoms with E-state index >= 15 is 0 Å². The Kier molecular flexibility index (Phi) is 2.96. The normalized spacial score (nSPS) is 24.2. The maximum Gasteiger partial charge on any atom is 0.120 e. The van der Waals surface area contributed by atoms with Crippen LogP contribution >= 0.6 is 0 Å². The molecule has 0 spiro atoms. The van der Waals surface area contributed by atoms with Gasteiger partial charge < -0.3 is 10.1 Å². The first-order chi connectivity index (χ1) is 8.36. The van der Waals surface area contributed by atoms with E-state index in [1.54, 1.807) is 7.11 Å². The third-order valence-electron chi connectivity index (χ3n) is 4.32. The van der Waals surface area contributed by atoms with Gasteiger partial charge in [-0.1, -0.05) is 25.3 Å². The Morgan fingerprint density at radius 2 is 2.00 bits per heavy atom. The van der Waals surface area contributed by atoms with Gasteiger partial charge in [0.2, 0.25) is 0 Å². The predicted molar refractivity (Wildman–Crippen MR) is 70.7 cm³/mol. The number of methoxy groups -OCH3 is 1. The maximum absolute atomic E-state index is 5.28. The second-order valence-corrected chi connectivity index (χ2v) is 5.38. The van der Waals surface area contributed by atoms with Gasteiger partial charge in [-0.3, -0.25) is 0 Å². The molecule has 0 saturated heterocycles.